The molecule has 3 heteroatoms. The number of hydrogen-bond donors (Lipinski definition) is 1. The highest BCUT2D eigenvalue weighted by atomic mass is 16.5. The molecule has 0 aliphatic carbocycles. The smallest absolute Gasteiger partial charge is 0.337 e. The van der Waals surface area contributed by atoms with Crippen molar-refractivity contribution in [3.63, 3.8) is 0 Å². The quantitative estimate of drug-likeness (QED) is 0.342. The number of esters is 1. The van der Waals surface area contributed by atoms with Crippen molar-refractivity contribution in [2.75, 3.05) is 19.7 Å². The maximum absolute atomic E-state index is 11.9. The molecule has 0 saturated heterocycles. The molecule has 1 N–H and O–H groups in total. The minimum atomic E-state index is -0.280. The second kappa shape index (κ2) is 9.98. The van der Waals surface area contributed by atoms with Gasteiger partial charge in [-0.05, 0) is 31.5 Å². The van der Waals surface area contributed by atoms with Crippen molar-refractivity contribution in [1.29, 1.82) is 0 Å². The molecule has 0 fully saturated rings. The Labute approximate surface area is 121 Å². The van der Waals surface area contributed by atoms with Crippen LogP contribution >= 0.6 is 0 Å². The minimum Gasteiger partial charge on any atom is -0.462 e. The first kappa shape index (κ1) is 16.2. The van der Waals surface area contributed by atoms with E-state index in [1.54, 1.807) is 6.08 Å². The molecule has 0 atom stereocenters. The standard InChI is InChI=1S/C17H23NO2/c1-3-13-18-14-12-16(17(19)20-4-2)11-10-15-8-6-5-7-9-15/h5-12,18H,3-4,13-14H2,1-2H3/b11-10+,16-12+. The molecule has 0 aliphatic heterocycles. The van der Waals surface area contributed by atoms with E-state index in [1.165, 1.54) is 0 Å². The van der Waals surface area contributed by atoms with E-state index in [2.05, 4.69) is 12.2 Å². The summed E-state index contributed by atoms with van der Waals surface area (Å²) in [6.45, 7) is 5.91. The van der Waals surface area contributed by atoms with Gasteiger partial charge in [0.15, 0.2) is 0 Å². The van der Waals surface area contributed by atoms with Crippen LogP contribution in [0.3, 0.4) is 0 Å². The third kappa shape index (κ3) is 6.34. The van der Waals surface area contributed by atoms with Crippen LogP contribution < -0.4 is 5.32 Å². The molecular formula is C17H23NO2. The van der Waals surface area contributed by atoms with Gasteiger partial charge < -0.3 is 10.1 Å². The van der Waals surface area contributed by atoms with Gasteiger partial charge in [0.2, 0.25) is 0 Å². The van der Waals surface area contributed by atoms with E-state index in [0.29, 0.717) is 18.7 Å². The average Bonchev–Trinajstić information content (AvgIpc) is 2.47. The summed E-state index contributed by atoms with van der Waals surface area (Å²) in [6, 6.07) is 9.89. The summed E-state index contributed by atoms with van der Waals surface area (Å²) in [6.07, 6.45) is 6.67. The highest BCUT2D eigenvalue weighted by molar-refractivity contribution is 5.92. The summed E-state index contributed by atoms with van der Waals surface area (Å²) in [5, 5.41) is 3.24. The van der Waals surface area contributed by atoms with Crippen molar-refractivity contribution in [3.8, 4) is 0 Å². The largest absolute Gasteiger partial charge is 0.462 e. The van der Waals surface area contributed by atoms with Crippen molar-refractivity contribution in [1.82, 2.24) is 5.32 Å². The fraction of sp³-hybridized carbons (Fsp3) is 0.353. The molecule has 0 heterocycles. The molecule has 0 aliphatic rings. The van der Waals surface area contributed by atoms with E-state index < -0.39 is 0 Å². The molecule has 0 amide bonds. The van der Waals surface area contributed by atoms with Crippen molar-refractivity contribution in [2.24, 2.45) is 0 Å². The summed E-state index contributed by atoms with van der Waals surface area (Å²) >= 11 is 0. The highest BCUT2D eigenvalue weighted by Crippen LogP contribution is 2.07. The maximum atomic E-state index is 11.9. The van der Waals surface area contributed by atoms with Gasteiger partial charge >= 0.3 is 5.97 Å². The third-order valence-electron chi connectivity index (χ3n) is 2.66. The van der Waals surface area contributed by atoms with Crippen LogP contribution in [0, 0.1) is 0 Å². The van der Waals surface area contributed by atoms with Gasteiger partial charge in [-0.3, -0.25) is 0 Å². The van der Waals surface area contributed by atoms with Gasteiger partial charge in [0.05, 0.1) is 12.2 Å². The first-order valence-corrected chi connectivity index (χ1v) is 7.09. The lowest BCUT2D eigenvalue weighted by Crippen LogP contribution is -2.16. The lowest BCUT2D eigenvalue weighted by molar-refractivity contribution is -0.138. The van der Waals surface area contributed by atoms with E-state index in [1.807, 2.05) is 49.4 Å². The Hall–Kier alpha value is -1.87. The van der Waals surface area contributed by atoms with Gasteiger partial charge in [0.25, 0.3) is 0 Å². The Morgan fingerprint density at radius 2 is 2.00 bits per heavy atom. The minimum absolute atomic E-state index is 0.280. The van der Waals surface area contributed by atoms with Crippen LogP contribution in [0.5, 0.6) is 0 Å². The normalized spacial score (nSPS) is 11.8. The number of benzene rings is 1. The zero-order valence-electron chi connectivity index (χ0n) is 12.3. The second-order valence-corrected chi connectivity index (χ2v) is 4.33. The average molecular weight is 273 g/mol. The summed E-state index contributed by atoms with van der Waals surface area (Å²) < 4.78 is 5.06. The van der Waals surface area contributed by atoms with E-state index in [9.17, 15) is 4.79 Å². The fourth-order valence-electron chi connectivity index (χ4n) is 1.64. The molecule has 1 aromatic rings. The van der Waals surface area contributed by atoms with Crippen LogP contribution in [0.15, 0.2) is 48.1 Å². The molecule has 20 heavy (non-hydrogen) atoms. The van der Waals surface area contributed by atoms with Crippen LogP contribution in [0.1, 0.15) is 25.8 Å². The van der Waals surface area contributed by atoms with E-state index >= 15 is 0 Å². The van der Waals surface area contributed by atoms with Crippen LogP contribution in [-0.4, -0.2) is 25.7 Å². The molecule has 0 radical (unpaired) electrons. The number of rotatable bonds is 8. The topological polar surface area (TPSA) is 38.3 Å². The molecule has 0 spiro atoms. The molecule has 0 aromatic heterocycles. The first-order valence-electron chi connectivity index (χ1n) is 7.09. The number of ether oxygens (including phenoxy) is 1. The van der Waals surface area contributed by atoms with Gasteiger partial charge in [-0.25, -0.2) is 4.79 Å². The van der Waals surface area contributed by atoms with Gasteiger partial charge in [0, 0.05) is 6.54 Å². The van der Waals surface area contributed by atoms with Crippen LogP contribution in [-0.2, 0) is 9.53 Å². The predicted octanol–water partition coefficient (Wildman–Crippen LogP) is 3.19. The van der Waals surface area contributed by atoms with Crippen molar-refractivity contribution in [3.05, 3.63) is 53.6 Å². The number of hydrogen-bond acceptors (Lipinski definition) is 3. The Bertz CT molecular complexity index is 449. The zero-order chi connectivity index (χ0) is 14.6. The summed E-state index contributed by atoms with van der Waals surface area (Å²) in [4.78, 5) is 11.9. The van der Waals surface area contributed by atoms with Crippen LogP contribution in [0.25, 0.3) is 6.08 Å². The molecule has 0 saturated carbocycles. The monoisotopic (exact) mass is 273 g/mol. The summed E-state index contributed by atoms with van der Waals surface area (Å²) in [5.41, 5.74) is 1.64. The lowest BCUT2D eigenvalue weighted by Gasteiger charge is -2.04. The Morgan fingerprint density at radius 3 is 2.65 bits per heavy atom. The molecule has 0 unspecified atom stereocenters. The molecule has 0 bridgehead atoms. The Morgan fingerprint density at radius 1 is 1.25 bits per heavy atom. The van der Waals surface area contributed by atoms with E-state index in [0.717, 1.165) is 18.5 Å². The molecular weight excluding hydrogens is 250 g/mol. The van der Waals surface area contributed by atoms with Gasteiger partial charge in [-0.1, -0.05) is 49.4 Å². The van der Waals surface area contributed by atoms with Crippen molar-refractivity contribution >= 4 is 12.0 Å². The molecule has 1 aromatic carbocycles. The van der Waals surface area contributed by atoms with Crippen molar-refractivity contribution in [2.45, 2.75) is 20.3 Å². The predicted molar refractivity (Wildman–Crippen MR) is 83.4 cm³/mol. The highest BCUT2D eigenvalue weighted by Gasteiger charge is 2.06. The van der Waals surface area contributed by atoms with Crippen LogP contribution in [0.2, 0.25) is 0 Å². The van der Waals surface area contributed by atoms with Gasteiger partial charge in [-0.2, -0.15) is 0 Å². The van der Waals surface area contributed by atoms with E-state index in [-0.39, 0.29) is 5.97 Å². The molecule has 108 valence electrons. The molecule has 3 nitrogen and oxygen atoms in total. The van der Waals surface area contributed by atoms with Crippen LogP contribution in [0.4, 0.5) is 0 Å². The van der Waals surface area contributed by atoms with E-state index in [4.69, 9.17) is 4.74 Å². The third-order valence-corrected chi connectivity index (χ3v) is 2.66. The number of carbonyl (C=O) groups excluding carboxylic acids is 1. The Kier molecular flexibility index (Phi) is 8.08. The van der Waals surface area contributed by atoms with Gasteiger partial charge in [-0.15, -0.1) is 0 Å². The number of carbonyl (C=O) groups is 1. The SMILES string of the molecule is CCCNC/C=C(\C=C\c1ccccc1)C(=O)OCC. The number of nitrogens with one attached hydrogen (secondary N) is 1. The second-order valence-electron chi connectivity index (χ2n) is 4.33. The first-order chi connectivity index (χ1) is 9.77. The summed E-state index contributed by atoms with van der Waals surface area (Å²) in [7, 11) is 0. The van der Waals surface area contributed by atoms with Gasteiger partial charge in [0.1, 0.15) is 0 Å². The lowest BCUT2D eigenvalue weighted by atomic mass is 10.1. The Balaban J connectivity index is 2.71. The maximum Gasteiger partial charge on any atom is 0.337 e. The zero-order valence-corrected chi connectivity index (χ0v) is 12.3. The molecule has 1 rings (SSSR count). The summed E-state index contributed by atoms with van der Waals surface area (Å²) in [5.74, 6) is -0.280. The fourth-order valence-corrected chi connectivity index (χ4v) is 1.64. The van der Waals surface area contributed by atoms with Crippen molar-refractivity contribution < 1.29 is 9.53 Å².